The van der Waals surface area contributed by atoms with Gasteiger partial charge in [0, 0.05) is 17.2 Å². The summed E-state index contributed by atoms with van der Waals surface area (Å²) in [6, 6.07) is 1.93. The summed E-state index contributed by atoms with van der Waals surface area (Å²) >= 11 is 3.35. The van der Waals surface area contributed by atoms with E-state index < -0.39 is 0 Å². The van der Waals surface area contributed by atoms with Crippen molar-refractivity contribution in [2.45, 2.75) is 19.9 Å². The van der Waals surface area contributed by atoms with Gasteiger partial charge < -0.3 is 4.57 Å². The second-order valence-corrected chi connectivity index (χ2v) is 2.90. The predicted octanol–water partition coefficient (Wildman–Crippen LogP) is 2.46. The van der Waals surface area contributed by atoms with Crippen LogP contribution in [0.3, 0.4) is 0 Å². The molecule has 0 aliphatic heterocycles. The van der Waals surface area contributed by atoms with Crippen molar-refractivity contribution in [1.82, 2.24) is 4.57 Å². The molecule has 0 atom stereocenters. The smallest absolute Gasteiger partial charge is 0.0659 e. The Morgan fingerprint density at radius 1 is 1.78 bits per heavy atom. The molecular formula is C7H9BrN. The Kier molecular flexibility index (Phi) is 2.34. The van der Waals surface area contributed by atoms with Crippen LogP contribution in [0.2, 0.25) is 0 Å². The van der Waals surface area contributed by atoms with Crippen molar-refractivity contribution in [3.05, 3.63) is 22.9 Å². The van der Waals surface area contributed by atoms with E-state index in [-0.39, 0.29) is 0 Å². The average molecular weight is 187 g/mol. The Hall–Kier alpha value is -0.240. The summed E-state index contributed by atoms with van der Waals surface area (Å²) in [6.45, 7) is 3.22. The van der Waals surface area contributed by atoms with Gasteiger partial charge in [0.05, 0.1) is 6.20 Å². The Labute approximate surface area is 63.8 Å². The highest BCUT2D eigenvalue weighted by atomic mass is 79.9. The van der Waals surface area contributed by atoms with Gasteiger partial charge in [-0.05, 0) is 28.4 Å². The first kappa shape index (κ1) is 6.87. The Bertz CT molecular complexity index is 181. The molecule has 1 aromatic heterocycles. The fourth-order valence-electron chi connectivity index (χ4n) is 0.738. The van der Waals surface area contributed by atoms with Crippen molar-refractivity contribution >= 4 is 15.9 Å². The van der Waals surface area contributed by atoms with Crippen molar-refractivity contribution in [2.24, 2.45) is 0 Å². The molecule has 0 saturated carbocycles. The predicted molar refractivity (Wildman–Crippen MR) is 41.3 cm³/mol. The first-order valence-electron chi connectivity index (χ1n) is 3.06. The standard InChI is InChI=1S/C7H9BrN/c1-2-4-9-5-3-7(8)6-9/h3,6H,2,4H2,1H3. The van der Waals surface area contributed by atoms with Gasteiger partial charge in [-0.3, -0.25) is 0 Å². The Balaban J connectivity index is 2.61. The highest BCUT2D eigenvalue weighted by molar-refractivity contribution is 9.10. The molecule has 1 heterocycles. The zero-order chi connectivity index (χ0) is 6.69. The largest absolute Gasteiger partial charge is 0.345 e. The number of halogens is 1. The molecule has 0 aliphatic carbocycles. The van der Waals surface area contributed by atoms with Crippen LogP contribution in [0.4, 0.5) is 0 Å². The highest BCUT2D eigenvalue weighted by Crippen LogP contribution is 2.08. The molecule has 1 radical (unpaired) electrons. The normalized spacial score (nSPS) is 10.0. The van der Waals surface area contributed by atoms with Gasteiger partial charge in [0.1, 0.15) is 0 Å². The molecule has 0 aliphatic rings. The molecule has 0 amide bonds. The summed E-state index contributed by atoms with van der Waals surface area (Å²) < 4.78 is 3.15. The van der Waals surface area contributed by atoms with Gasteiger partial charge in [-0.15, -0.1) is 0 Å². The maximum Gasteiger partial charge on any atom is 0.0659 e. The third-order valence-corrected chi connectivity index (χ3v) is 1.55. The van der Waals surface area contributed by atoms with Crippen LogP contribution in [-0.4, -0.2) is 4.57 Å². The lowest BCUT2D eigenvalue weighted by molar-refractivity contribution is 0.678. The van der Waals surface area contributed by atoms with E-state index in [1.165, 1.54) is 0 Å². The molecule has 0 spiro atoms. The van der Waals surface area contributed by atoms with Crippen molar-refractivity contribution in [1.29, 1.82) is 0 Å². The average Bonchev–Trinajstić information content (AvgIpc) is 2.17. The second-order valence-electron chi connectivity index (χ2n) is 1.98. The number of nitrogens with zero attached hydrogens (tertiary/aromatic N) is 1. The number of rotatable bonds is 2. The molecule has 1 aromatic rings. The van der Waals surface area contributed by atoms with Crippen molar-refractivity contribution in [3.8, 4) is 0 Å². The number of hydrogen-bond acceptors (Lipinski definition) is 0. The lowest BCUT2D eigenvalue weighted by atomic mass is 10.5. The number of aromatic nitrogens is 1. The van der Waals surface area contributed by atoms with Gasteiger partial charge in [0.2, 0.25) is 0 Å². The minimum atomic E-state index is 1.06. The summed E-state index contributed by atoms with van der Waals surface area (Å²) in [6.07, 6.45) is 6.27. The number of aryl methyl sites for hydroxylation is 1. The second kappa shape index (κ2) is 3.06. The van der Waals surface area contributed by atoms with E-state index in [1.54, 1.807) is 0 Å². The topological polar surface area (TPSA) is 4.93 Å². The molecule has 9 heavy (non-hydrogen) atoms. The Morgan fingerprint density at radius 2 is 2.56 bits per heavy atom. The quantitative estimate of drug-likeness (QED) is 0.670. The van der Waals surface area contributed by atoms with Gasteiger partial charge >= 0.3 is 0 Å². The molecule has 0 N–H and O–H groups in total. The van der Waals surface area contributed by atoms with Crippen molar-refractivity contribution in [2.75, 3.05) is 0 Å². The van der Waals surface area contributed by atoms with E-state index in [1.807, 2.05) is 16.8 Å². The summed E-state index contributed by atoms with van der Waals surface area (Å²) in [5.41, 5.74) is 0. The molecule has 0 unspecified atom stereocenters. The van der Waals surface area contributed by atoms with Gasteiger partial charge in [-0.25, -0.2) is 0 Å². The molecule has 49 valence electrons. The van der Waals surface area contributed by atoms with E-state index in [0.717, 1.165) is 17.4 Å². The number of hydrogen-bond donors (Lipinski definition) is 0. The SMILES string of the molecule is CCCn1[c]cc(Br)c1. The first-order valence-corrected chi connectivity index (χ1v) is 3.85. The van der Waals surface area contributed by atoms with Crippen LogP contribution in [0.5, 0.6) is 0 Å². The summed E-state index contributed by atoms with van der Waals surface area (Å²) in [4.78, 5) is 0. The monoisotopic (exact) mass is 186 g/mol. The highest BCUT2D eigenvalue weighted by Gasteiger charge is 1.89. The first-order chi connectivity index (χ1) is 4.33. The van der Waals surface area contributed by atoms with E-state index in [4.69, 9.17) is 0 Å². The van der Waals surface area contributed by atoms with Crippen LogP contribution in [0.25, 0.3) is 0 Å². The minimum Gasteiger partial charge on any atom is -0.345 e. The lowest BCUT2D eigenvalue weighted by Gasteiger charge is -1.94. The molecule has 0 fully saturated rings. The van der Waals surface area contributed by atoms with Crippen LogP contribution in [0.1, 0.15) is 13.3 Å². The van der Waals surface area contributed by atoms with Gasteiger partial charge in [-0.2, -0.15) is 0 Å². The van der Waals surface area contributed by atoms with Gasteiger partial charge in [-0.1, -0.05) is 6.92 Å². The molecule has 0 bridgehead atoms. The van der Waals surface area contributed by atoms with E-state index in [0.29, 0.717) is 0 Å². The lowest BCUT2D eigenvalue weighted by Crippen LogP contribution is -1.90. The summed E-state index contributed by atoms with van der Waals surface area (Å²) in [7, 11) is 0. The third-order valence-electron chi connectivity index (χ3n) is 1.11. The van der Waals surface area contributed by atoms with Crippen LogP contribution >= 0.6 is 15.9 Å². The molecular weight excluding hydrogens is 178 g/mol. The van der Waals surface area contributed by atoms with Crippen LogP contribution in [-0.2, 0) is 6.54 Å². The summed E-state index contributed by atoms with van der Waals surface area (Å²) in [5, 5.41) is 0. The van der Waals surface area contributed by atoms with Crippen LogP contribution < -0.4 is 0 Å². The molecule has 2 heteroatoms. The van der Waals surface area contributed by atoms with E-state index in [2.05, 4.69) is 29.1 Å². The molecule has 0 saturated heterocycles. The van der Waals surface area contributed by atoms with E-state index in [9.17, 15) is 0 Å². The van der Waals surface area contributed by atoms with Crippen LogP contribution in [0, 0.1) is 6.20 Å². The summed E-state index contributed by atoms with van der Waals surface area (Å²) in [5.74, 6) is 0. The maximum atomic E-state index is 3.35. The van der Waals surface area contributed by atoms with Crippen molar-refractivity contribution in [3.63, 3.8) is 0 Å². The fraction of sp³-hybridized carbons (Fsp3) is 0.429. The van der Waals surface area contributed by atoms with Gasteiger partial charge in [0.25, 0.3) is 0 Å². The maximum absolute atomic E-state index is 3.35. The van der Waals surface area contributed by atoms with Gasteiger partial charge in [0.15, 0.2) is 0 Å². The van der Waals surface area contributed by atoms with E-state index >= 15 is 0 Å². The molecule has 1 nitrogen and oxygen atoms in total. The third kappa shape index (κ3) is 1.86. The Morgan fingerprint density at radius 3 is 3.00 bits per heavy atom. The zero-order valence-corrected chi connectivity index (χ0v) is 6.98. The van der Waals surface area contributed by atoms with Crippen LogP contribution in [0.15, 0.2) is 16.7 Å². The zero-order valence-electron chi connectivity index (χ0n) is 5.39. The molecule has 0 aromatic carbocycles. The van der Waals surface area contributed by atoms with Crippen molar-refractivity contribution < 1.29 is 0 Å². The minimum absolute atomic E-state index is 1.06. The fourth-order valence-corrected chi connectivity index (χ4v) is 1.09. The molecule has 1 rings (SSSR count).